The Morgan fingerprint density at radius 3 is 2.62 bits per heavy atom. The molecule has 1 aromatic heterocycles. The third-order valence-corrected chi connectivity index (χ3v) is 6.77. The lowest BCUT2D eigenvalue weighted by Gasteiger charge is -2.23. The second-order valence-corrected chi connectivity index (χ2v) is 7.96. The van der Waals surface area contributed by atoms with Crippen molar-refractivity contribution in [2.75, 3.05) is 5.32 Å². The van der Waals surface area contributed by atoms with Crippen LogP contribution < -0.4 is 5.32 Å². The lowest BCUT2D eigenvalue weighted by Crippen LogP contribution is -2.36. The SMILES string of the molecule is N#Cc1c(NC(=O)[C@H]2[C@H](C(=O)O)[C@H]3C=C[C@H]2C3)sc2c1CCCC2. The molecule has 1 amide bonds. The molecule has 1 heterocycles. The molecule has 0 unspecified atom stereocenters. The average Bonchev–Trinajstić information content (AvgIpc) is 3.26. The molecule has 1 aromatic rings. The summed E-state index contributed by atoms with van der Waals surface area (Å²) in [5, 5.41) is 22.5. The molecule has 4 atom stereocenters. The number of fused-ring (bicyclic) bond motifs is 3. The lowest BCUT2D eigenvalue weighted by atomic mass is 9.82. The molecule has 2 N–H and O–H groups in total. The van der Waals surface area contributed by atoms with Crippen molar-refractivity contribution >= 4 is 28.2 Å². The average molecular weight is 342 g/mol. The Balaban J connectivity index is 1.61. The van der Waals surface area contributed by atoms with E-state index in [1.165, 1.54) is 16.2 Å². The van der Waals surface area contributed by atoms with Crippen LogP contribution in [0.1, 0.15) is 35.3 Å². The van der Waals surface area contributed by atoms with Crippen molar-refractivity contribution in [2.45, 2.75) is 32.1 Å². The summed E-state index contributed by atoms with van der Waals surface area (Å²) in [6.07, 6.45) is 8.67. The van der Waals surface area contributed by atoms with E-state index in [9.17, 15) is 20.0 Å². The number of nitrogens with zero attached hydrogens (tertiary/aromatic N) is 1. The number of hydrogen-bond donors (Lipinski definition) is 2. The number of thiophene rings is 1. The van der Waals surface area contributed by atoms with Gasteiger partial charge in [-0.25, -0.2) is 0 Å². The lowest BCUT2D eigenvalue weighted by molar-refractivity contribution is -0.146. The number of carboxylic acid groups (broad SMARTS) is 1. The molecule has 3 aliphatic carbocycles. The summed E-state index contributed by atoms with van der Waals surface area (Å²) in [7, 11) is 0. The number of anilines is 1. The van der Waals surface area contributed by atoms with Crippen LogP contribution in [-0.2, 0) is 22.4 Å². The van der Waals surface area contributed by atoms with Crippen molar-refractivity contribution in [3.8, 4) is 6.07 Å². The highest BCUT2D eigenvalue weighted by Crippen LogP contribution is 2.49. The van der Waals surface area contributed by atoms with Crippen molar-refractivity contribution in [2.24, 2.45) is 23.7 Å². The van der Waals surface area contributed by atoms with Gasteiger partial charge in [-0.1, -0.05) is 12.2 Å². The quantitative estimate of drug-likeness (QED) is 0.826. The molecule has 1 fully saturated rings. The molecule has 124 valence electrons. The standard InChI is InChI=1S/C18H18N2O3S/c19-8-12-11-3-1-2-4-13(11)24-17(12)20-16(21)14-9-5-6-10(7-9)15(14)18(22)23/h5-6,9-10,14-15H,1-4,7H2,(H,20,21)(H,22,23)/t9-,10-,14+,15+/m0/s1. The van der Waals surface area contributed by atoms with E-state index in [-0.39, 0.29) is 17.7 Å². The maximum Gasteiger partial charge on any atom is 0.307 e. The molecule has 0 aliphatic heterocycles. The highest BCUT2D eigenvalue weighted by molar-refractivity contribution is 7.16. The zero-order valence-electron chi connectivity index (χ0n) is 13.1. The van der Waals surface area contributed by atoms with E-state index < -0.39 is 17.8 Å². The summed E-state index contributed by atoms with van der Waals surface area (Å²) in [6.45, 7) is 0. The second-order valence-electron chi connectivity index (χ2n) is 6.85. The van der Waals surface area contributed by atoms with Crippen LogP contribution >= 0.6 is 11.3 Å². The monoisotopic (exact) mass is 342 g/mol. The van der Waals surface area contributed by atoms with E-state index in [0.717, 1.165) is 37.7 Å². The largest absolute Gasteiger partial charge is 0.481 e. The highest BCUT2D eigenvalue weighted by Gasteiger charge is 2.51. The predicted molar refractivity (Wildman–Crippen MR) is 89.7 cm³/mol. The van der Waals surface area contributed by atoms with Gasteiger partial charge in [0.2, 0.25) is 5.91 Å². The maximum atomic E-state index is 12.8. The van der Waals surface area contributed by atoms with Gasteiger partial charge in [0.05, 0.1) is 17.4 Å². The fourth-order valence-electron chi connectivity index (χ4n) is 4.48. The van der Waals surface area contributed by atoms with Crippen molar-refractivity contribution < 1.29 is 14.7 Å². The first kappa shape index (κ1) is 15.4. The first-order valence-electron chi connectivity index (χ1n) is 8.36. The number of nitrogens with one attached hydrogen (secondary N) is 1. The van der Waals surface area contributed by atoms with Gasteiger partial charge in [-0.15, -0.1) is 11.3 Å². The molecule has 0 spiro atoms. The summed E-state index contributed by atoms with van der Waals surface area (Å²) in [6, 6.07) is 2.23. The van der Waals surface area contributed by atoms with Crippen LogP contribution in [0.5, 0.6) is 0 Å². The molecule has 4 rings (SSSR count). The van der Waals surface area contributed by atoms with Crippen molar-refractivity contribution in [1.82, 2.24) is 0 Å². The first-order chi connectivity index (χ1) is 11.6. The minimum absolute atomic E-state index is 0.00350. The van der Waals surface area contributed by atoms with E-state index in [0.29, 0.717) is 10.6 Å². The number of amides is 1. The van der Waals surface area contributed by atoms with Crippen molar-refractivity contribution in [3.05, 3.63) is 28.2 Å². The summed E-state index contributed by atoms with van der Waals surface area (Å²) in [4.78, 5) is 25.6. The minimum atomic E-state index is -0.905. The molecule has 2 bridgehead atoms. The van der Waals surface area contributed by atoms with Crippen molar-refractivity contribution in [1.29, 1.82) is 5.26 Å². The molecular formula is C18H18N2O3S. The maximum absolute atomic E-state index is 12.8. The topological polar surface area (TPSA) is 90.2 Å². The van der Waals surface area contributed by atoms with Crippen LogP contribution in [0, 0.1) is 35.0 Å². The Labute approximate surface area is 144 Å². The number of hydrogen-bond acceptors (Lipinski definition) is 4. The number of aliphatic carboxylic acids is 1. The van der Waals surface area contributed by atoms with E-state index in [1.807, 2.05) is 12.2 Å². The molecule has 1 saturated carbocycles. The zero-order valence-corrected chi connectivity index (χ0v) is 13.9. The molecule has 0 radical (unpaired) electrons. The van der Waals surface area contributed by atoms with E-state index in [4.69, 9.17) is 0 Å². The van der Waals surface area contributed by atoms with Gasteiger partial charge in [0.25, 0.3) is 0 Å². The van der Waals surface area contributed by atoms with Gasteiger partial charge in [-0.3, -0.25) is 9.59 Å². The summed E-state index contributed by atoms with van der Waals surface area (Å²) >= 11 is 1.48. The van der Waals surface area contributed by atoms with Crippen LogP contribution in [0.15, 0.2) is 12.2 Å². The highest BCUT2D eigenvalue weighted by atomic mass is 32.1. The Bertz CT molecular complexity index is 789. The molecule has 5 nitrogen and oxygen atoms in total. The Morgan fingerprint density at radius 1 is 1.21 bits per heavy atom. The molecule has 24 heavy (non-hydrogen) atoms. The van der Waals surface area contributed by atoms with E-state index in [2.05, 4.69) is 11.4 Å². The Morgan fingerprint density at radius 2 is 1.92 bits per heavy atom. The minimum Gasteiger partial charge on any atom is -0.481 e. The van der Waals surface area contributed by atoms with Crippen LogP contribution in [0.25, 0.3) is 0 Å². The van der Waals surface area contributed by atoms with Gasteiger partial charge >= 0.3 is 5.97 Å². The fourth-order valence-corrected chi connectivity index (χ4v) is 5.73. The Kier molecular flexibility index (Phi) is 3.69. The summed E-state index contributed by atoms with van der Waals surface area (Å²) in [5.74, 6) is -2.40. The fraction of sp³-hybridized carbons (Fsp3) is 0.500. The van der Waals surface area contributed by atoms with Gasteiger partial charge < -0.3 is 10.4 Å². The van der Waals surface area contributed by atoms with Gasteiger partial charge in [-0.05, 0) is 49.5 Å². The number of carbonyl (C=O) groups is 2. The van der Waals surface area contributed by atoms with Crippen molar-refractivity contribution in [3.63, 3.8) is 0 Å². The number of nitriles is 1. The van der Waals surface area contributed by atoms with E-state index >= 15 is 0 Å². The summed E-state index contributed by atoms with van der Waals surface area (Å²) in [5.41, 5.74) is 1.65. The van der Waals surface area contributed by atoms with Crippen LogP contribution in [0.3, 0.4) is 0 Å². The van der Waals surface area contributed by atoms with Crippen LogP contribution in [0.2, 0.25) is 0 Å². The molecule has 3 aliphatic rings. The van der Waals surface area contributed by atoms with Gasteiger partial charge in [0.15, 0.2) is 0 Å². The number of allylic oxidation sites excluding steroid dienone is 2. The molecule has 0 aromatic carbocycles. The number of carbonyl (C=O) groups excluding carboxylic acids is 1. The number of rotatable bonds is 3. The zero-order chi connectivity index (χ0) is 16.8. The van der Waals surface area contributed by atoms with E-state index in [1.54, 1.807) is 0 Å². The van der Waals surface area contributed by atoms with Gasteiger partial charge in [0, 0.05) is 4.88 Å². The second kappa shape index (κ2) is 5.75. The summed E-state index contributed by atoms with van der Waals surface area (Å²) < 4.78 is 0. The third-order valence-electron chi connectivity index (χ3n) is 5.57. The predicted octanol–water partition coefficient (Wildman–Crippen LogP) is 2.96. The molecular weight excluding hydrogens is 324 g/mol. The number of carboxylic acids is 1. The van der Waals surface area contributed by atoms with Crippen LogP contribution in [0.4, 0.5) is 5.00 Å². The smallest absolute Gasteiger partial charge is 0.307 e. The molecule has 6 heteroatoms. The third kappa shape index (κ3) is 2.27. The van der Waals surface area contributed by atoms with Crippen LogP contribution in [-0.4, -0.2) is 17.0 Å². The van der Waals surface area contributed by atoms with Gasteiger partial charge in [-0.2, -0.15) is 5.26 Å². The van der Waals surface area contributed by atoms with Gasteiger partial charge in [0.1, 0.15) is 11.1 Å². The number of aryl methyl sites for hydroxylation is 1. The normalized spacial score (nSPS) is 30.0. The first-order valence-corrected chi connectivity index (χ1v) is 9.18. The Hall–Kier alpha value is -2.13. The molecule has 0 saturated heterocycles.